The van der Waals surface area contributed by atoms with E-state index in [0.717, 1.165) is 30.6 Å². The fourth-order valence-corrected chi connectivity index (χ4v) is 6.45. The number of hydrogen-bond donors (Lipinski definition) is 0. The van der Waals surface area contributed by atoms with Gasteiger partial charge in [0.05, 0.1) is 0 Å². The van der Waals surface area contributed by atoms with Gasteiger partial charge in [0.15, 0.2) is 0 Å². The summed E-state index contributed by atoms with van der Waals surface area (Å²) in [5.41, 5.74) is 2.70. The molecule has 0 heterocycles. The highest BCUT2D eigenvalue weighted by molar-refractivity contribution is 5.88. The van der Waals surface area contributed by atoms with Crippen molar-refractivity contribution in [2.45, 2.75) is 77.0 Å². The van der Waals surface area contributed by atoms with Crippen LogP contribution in [0.5, 0.6) is 11.5 Å². The minimum absolute atomic E-state index is 0.130. The first-order valence-electron chi connectivity index (χ1n) is 13.8. The molecule has 2 saturated carbocycles. The van der Waals surface area contributed by atoms with Gasteiger partial charge in [-0.1, -0.05) is 63.6 Å². The maximum Gasteiger partial charge on any atom is 0.338 e. The van der Waals surface area contributed by atoms with E-state index in [1.54, 1.807) is 6.92 Å². The topological polar surface area (TPSA) is 52.6 Å². The van der Waals surface area contributed by atoms with Crippen LogP contribution in [0.4, 0.5) is 0 Å². The van der Waals surface area contributed by atoms with Crippen LogP contribution in [0.3, 0.4) is 0 Å². The standard InChI is InChI=1S/C33H40O4/c1-5-24-7-9-25(10-8-24)26-19-21-33(22-20-26,27-11-15-29(16-12-27)36-31(34)6-2)28-13-17-30(18-14-28)37-32(35)23(3)4/h6,11-18,24-26H,2-3,5,7-10,19-22H2,1,4H3. The lowest BCUT2D eigenvalue weighted by Crippen LogP contribution is -2.35. The maximum absolute atomic E-state index is 12.0. The first-order chi connectivity index (χ1) is 17.8. The van der Waals surface area contributed by atoms with Crippen LogP contribution < -0.4 is 9.47 Å². The summed E-state index contributed by atoms with van der Waals surface area (Å²) in [6.07, 6.45) is 12.6. The Hall–Kier alpha value is -3.14. The fraction of sp³-hybridized carbons (Fsp3) is 0.455. The molecule has 2 aliphatic rings. The molecule has 0 atom stereocenters. The number of hydrogen-bond acceptors (Lipinski definition) is 4. The summed E-state index contributed by atoms with van der Waals surface area (Å²) in [5, 5.41) is 0. The van der Waals surface area contributed by atoms with Crippen molar-refractivity contribution in [3.63, 3.8) is 0 Å². The van der Waals surface area contributed by atoms with Crippen molar-refractivity contribution < 1.29 is 19.1 Å². The van der Waals surface area contributed by atoms with Gasteiger partial charge in [-0.3, -0.25) is 0 Å². The van der Waals surface area contributed by atoms with E-state index in [4.69, 9.17) is 9.47 Å². The van der Waals surface area contributed by atoms with E-state index in [2.05, 4.69) is 44.3 Å². The average Bonchev–Trinajstić information content (AvgIpc) is 2.94. The molecule has 0 aliphatic heterocycles. The molecular weight excluding hydrogens is 460 g/mol. The zero-order valence-corrected chi connectivity index (χ0v) is 22.3. The van der Waals surface area contributed by atoms with Crippen molar-refractivity contribution in [2.24, 2.45) is 17.8 Å². The second-order valence-electron chi connectivity index (χ2n) is 11.0. The SMILES string of the molecule is C=CC(=O)Oc1ccc(C2(c3ccc(OC(=O)C(=C)C)cc3)CCC(C3CCC(CC)CC3)CC2)cc1. The lowest BCUT2D eigenvalue weighted by atomic mass is 9.60. The van der Waals surface area contributed by atoms with Gasteiger partial charge in [-0.15, -0.1) is 0 Å². The minimum Gasteiger partial charge on any atom is -0.423 e. The molecule has 4 nitrogen and oxygen atoms in total. The van der Waals surface area contributed by atoms with Crippen molar-refractivity contribution in [1.29, 1.82) is 0 Å². The van der Waals surface area contributed by atoms with Crippen molar-refractivity contribution in [3.05, 3.63) is 84.5 Å². The molecule has 2 aromatic carbocycles. The third kappa shape index (κ3) is 6.23. The van der Waals surface area contributed by atoms with E-state index in [9.17, 15) is 9.59 Å². The Bertz CT molecular complexity index is 1100. The van der Waals surface area contributed by atoms with Gasteiger partial charge in [-0.25, -0.2) is 9.59 Å². The zero-order chi connectivity index (χ0) is 26.4. The summed E-state index contributed by atoms with van der Waals surface area (Å²) < 4.78 is 10.8. The van der Waals surface area contributed by atoms with Crippen LogP contribution in [0.1, 0.15) is 82.8 Å². The summed E-state index contributed by atoms with van der Waals surface area (Å²) in [7, 11) is 0. The predicted octanol–water partition coefficient (Wildman–Crippen LogP) is 7.95. The van der Waals surface area contributed by atoms with Gasteiger partial charge in [-0.05, 0) is 98.6 Å². The third-order valence-corrected chi connectivity index (χ3v) is 8.78. The first-order valence-corrected chi connectivity index (χ1v) is 13.8. The third-order valence-electron chi connectivity index (χ3n) is 8.78. The Morgan fingerprint density at radius 2 is 1.32 bits per heavy atom. The Morgan fingerprint density at radius 3 is 1.78 bits per heavy atom. The second-order valence-corrected chi connectivity index (χ2v) is 11.0. The maximum atomic E-state index is 12.0. The van der Waals surface area contributed by atoms with Crippen LogP contribution in [0.25, 0.3) is 0 Å². The largest absolute Gasteiger partial charge is 0.423 e. The normalized spacial score (nSPS) is 25.6. The summed E-state index contributed by atoms with van der Waals surface area (Å²) in [5.74, 6) is 2.74. The van der Waals surface area contributed by atoms with Crippen molar-refractivity contribution >= 4 is 11.9 Å². The number of benzene rings is 2. The second kappa shape index (κ2) is 11.9. The lowest BCUT2D eigenvalue weighted by Gasteiger charge is -2.44. The van der Waals surface area contributed by atoms with E-state index in [1.807, 2.05) is 24.3 Å². The van der Waals surface area contributed by atoms with Gasteiger partial charge in [0, 0.05) is 17.1 Å². The molecule has 4 rings (SSSR count). The van der Waals surface area contributed by atoms with Crippen molar-refractivity contribution in [2.75, 3.05) is 0 Å². The molecule has 2 fully saturated rings. The molecule has 0 bridgehead atoms. The molecule has 0 unspecified atom stereocenters. The van der Waals surface area contributed by atoms with Crippen molar-refractivity contribution in [3.8, 4) is 11.5 Å². The van der Waals surface area contributed by atoms with Crippen LogP contribution >= 0.6 is 0 Å². The van der Waals surface area contributed by atoms with E-state index < -0.39 is 11.9 Å². The summed E-state index contributed by atoms with van der Waals surface area (Å²) in [6, 6.07) is 15.9. The Labute approximate surface area is 221 Å². The number of carbonyl (C=O) groups excluding carboxylic acids is 2. The molecule has 0 aromatic heterocycles. The molecule has 0 N–H and O–H groups in total. The number of rotatable bonds is 8. The first kappa shape index (κ1) is 26.9. The predicted molar refractivity (Wildman–Crippen MR) is 148 cm³/mol. The van der Waals surface area contributed by atoms with Gasteiger partial charge in [0.25, 0.3) is 0 Å². The molecule has 2 aliphatic carbocycles. The Balaban J connectivity index is 1.57. The molecule has 196 valence electrons. The smallest absolute Gasteiger partial charge is 0.338 e. The van der Waals surface area contributed by atoms with E-state index in [1.165, 1.54) is 62.1 Å². The Morgan fingerprint density at radius 1 is 0.838 bits per heavy atom. The molecule has 37 heavy (non-hydrogen) atoms. The van der Waals surface area contributed by atoms with Gasteiger partial charge in [0.2, 0.25) is 0 Å². The molecule has 0 amide bonds. The van der Waals surface area contributed by atoms with Crippen LogP contribution in [-0.4, -0.2) is 11.9 Å². The molecule has 0 saturated heterocycles. The van der Waals surface area contributed by atoms with E-state index in [0.29, 0.717) is 17.1 Å². The van der Waals surface area contributed by atoms with Gasteiger partial charge >= 0.3 is 11.9 Å². The molecule has 4 heteroatoms. The highest BCUT2D eigenvalue weighted by Crippen LogP contribution is 2.50. The minimum atomic E-state index is -0.458. The lowest BCUT2D eigenvalue weighted by molar-refractivity contribution is -0.130. The van der Waals surface area contributed by atoms with Crippen LogP contribution in [0.2, 0.25) is 0 Å². The molecule has 2 aromatic rings. The highest BCUT2D eigenvalue weighted by Gasteiger charge is 2.41. The fourth-order valence-electron chi connectivity index (χ4n) is 6.45. The van der Waals surface area contributed by atoms with E-state index in [-0.39, 0.29) is 5.41 Å². The van der Waals surface area contributed by atoms with Crippen molar-refractivity contribution in [1.82, 2.24) is 0 Å². The number of esters is 2. The van der Waals surface area contributed by atoms with Gasteiger partial charge in [0.1, 0.15) is 11.5 Å². The summed E-state index contributed by atoms with van der Waals surface area (Å²) in [6.45, 7) is 11.1. The van der Waals surface area contributed by atoms with Crippen LogP contribution in [-0.2, 0) is 15.0 Å². The number of ether oxygens (including phenoxy) is 2. The zero-order valence-electron chi connectivity index (χ0n) is 22.3. The molecule has 0 spiro atoms. The summed E-state index contributed by atoms with van der Waals surface area (Å²) >= 11 is 0. The quantitative estimate of drug-likeness (QED) is 0.210. The van der Waals surface area contributed by atoms with Gasteiger partial charge < -0.3 is 9.47 Å². The monoisotopic (exact) mass is 500 g/mol. The Kier molecular flexibility index (Phi) is 8.68. The van der Waals surface area contributed by atoms with Crippen LogP contribution in [0.15, 0.2) is 73.3 Å². The number of carbonyl (C=O) groups is 2. The molecular formula is C33H40O4. The average molecular weight is 501 g/mol. The van der Waals surface area contributed by atoms with Crippen LogP contribution in [0, 0.1) is 17.8 Å². The van der Waals surface area contributed by atoms with E-state index >= 15 is 0 Å². The molecule has 0 radical (unpaired) electrons. The summed E-state index contributed by atoms with van der Waals surface area (Å²) in [4.78, 5) is 23.6. The van der Waals surface area contributed by atoms with Gasteiger partial charge in [-0.2, -0.15) is 0 Å². The highest BCUT2D eigenvalue weighted by atomic mass is 16.5.